The number of hydrogen-bond acceptors (Lipinski definition) is 4. The molecular formula is C20H26N4O3. The SMILES string of the molecule is Cc1ccc(N2C[C@@H](C(=O)NCCOCCn3cccn3)CC2=O)cc1C. The van der Waals surface area contributed by atoms with Crippen molar-refractivity contribution in [2.24, 2.45) is 5.92 Å². The van der Waals surface area contributed by atoms with Crippen LogP contribution in [0.5, 0.6) is 0 Å². The molecule has 2 heterocycles. The summed E-state index contributed by atoms with van der Waals surface area (Å²) in [6.45, 7) is 6.59. The molecule has 1 N–H and O–H groups in total. The summed E-state index contributed by atoms with van der Waals surface area (Å²) in [5.74, 6) is -0.414. The average molecular weight is 370 g/mol. The minimum Gasteiger partial charge on any atom is -0.378 e. The summed E-state index contributed by atoms with van der Waals surface area (Å²) in [5.41, 5.74) is 3.19. The Morgan fingerprint density at radius 3 is 2.89 bits per heavy atom. The first-order chi connectivity index (χ1) is 13.0. The molecule has 1 atom stereocenters. The first kappa shape index (κ1) is 19.1. The molecule has 7 nitrogen and oxygen atoms in total. The van der Waals surface area contributed by atoms with Crippen molar-refractivity contribution in [3.05, 3.63) is 47.8 Å². The van der Waals surface area contributed by atoms with Gasteiger partial charge in [-0.25, -0.2) is 0 Å². The van der Waals surface area contributed by atoms with Crippen molar-refractivity contribution in [3.63, 3.8) is 0 Å². The van der Waals surface area contributed by atoms with Crippen molar-refractivity contribution in [1.29, 1.82) is 0 Å². The quantitative estimate of drug-likeness (QED) is 0.718. The fourth-order valence-electron chi connectivity index (χ4n) is 3.11. The monoisotopic (exact) mass is 370 g/mol. The Labute approximate surface area is 159 Å². The van der Waals surface area contributed by atoms with Gasteiger partial charge in [-0.05, 0) is 43.2 Å². The normalized spacial score (nSPS) is 16.7. The van der Waals surface area contributed by atoms with Crippen LogP contribution in [-0.4, -0.2) is 47.9 Å². The maximum Gasteiger partial charge on any atom is 0.227 e. The van der Waals surface area contributed by atoms with Gasteiger partial charge < -0.3 is 15.0 Å². The van der Waals surface area contributed by atoms with E-state index in [9.17, 15) is 9.59 Å². The molecule has 0 saturated carbocycles. The lowest BCUT2D eigenvalue weighted by Gasteiger charge is -2.18. The van der Waals surface area contributed by atoms with Crippen LogP contribution in [0.3, 0.4) is 0 Å². The van der Waals surface area contributed by atoms with Gasteiger partial charge in [0.25, 0.3) is 0 Å². The number of ether oxygens (including phenoxy) is 1. The first-order valence-electron chi connectivity index (χ1n) is 9.25. The van der Waals surface area contributed by atoms with Gasteiger partial charge in [-0.2, -0.15) is 5.10 Å². The third-order valence-electron chi connectivity index (χ3n) is 4.87. The number of amides is 2. The Bertz CT molecular complexity index is 789. The summed E-state index contributed by atoms with van der Waals surface area (Å²) in [7, 11) is 0. The van der Waals surface area contributed by atoms with E-state index in [1.165, 1.54) is 5.56 Å². The lowest BCUT2D eigenvalue weighted by molar-refractivity contribution is -0.126. The van der Waals surface area contributed by atoms with Gasteiger partial charge in [0.2, 0.25) is 11.8 Å². The largest absolute Gasteiger partial charge is 0.378 e. The molecule has 144 valence electrons. The predicted octanol–water partition coefficient (Wildman–Crippen LogP) is 1.69. The fraction of sp³-hybridized carbons (Fsp3) is 0.450. The van der Waals surface area contributed by atoms with E-state index in [4.69, 9.17) is 4.74 Å². The average Bonchev–Trinajstić information content (AvgIpc) is 3.30. The number of rotatable bonds is 8. The van der Waals surface area contributed by atoms with Crippen molar-refractivity contribution in [2.45, 2.75) is 26.8 Å². The first-order valence-corrected chi connectivity index (χ1v) is 9.25. The second-order valence-electron chi connectivity index (χ2n) is 6.85. The lowest BCUT2D eigenvalue weighted by Crippen LogP contribution is -2.35. The minimum absolute atomic E-state index is 0.00567. The molecule has 2 amide bonds. The molecule has 0 radical (unpaired) electrons. The Morgan fingerprint density at radius 2 is 2.15 bits per heavy atom. The number of aromatic nitrogens is 2. The van der Waals surface area contributed by atoms with Gasteiger partial charge in [-0.1, -0.05) is 6.07 Å². The van der Waals surface area contributed by atoms with E-state index in [2.05, 4.69) is 10.4 Å². The maximum atomic E-state index is 12.3. The van der Waals surface area contributed by atoms with Crippen molar-refractivity contribution >= 4 is 17.5 Å². The Kier molecular flexibility index (Phi) is 6.24. The van der Waals surface area contributed by atoms with Gasteiger partial charge in [0.1, 0.15) is 0 Å². The number of aryl methyl sites for hydroxylation is 2. The van der Waals surface area contributed by atoms with Crippen LogP contribution in [-0.2, 0) is 20.9 Å². The molecule has 1 fully saturated rings. The van der Waals surface area contributed by atoms with Crippen LogP contribution in [0.15, 0.2) is 36.7 Å². The summed E-state index contributed by atoms with van der Waals surface area (Å²) in [4.78, 5) is 26.4. The Morgan fingerprint density at radius 1 is 1.30 bits per heavy atom. The number of nitrogens with zero attached hydrogens (tertiary/aromatic N) is 3. The van der Waals surface area contributed by atoms with Gasteiger partial charge in [-0.3, -0.25) is 14.3 Å². The van der Waals surface area contributed by atoms with Crippen LogP contribution in [0.4, 0.5) is 5.69 Å². The molecule has 1 aliphatic heterocycles. The van der Waals surface area contributed by atoms with Crippen LogP contribution in [0.2, 0.25) is 0 Å². The van der Waals surface area contributed by atoms with Gasteiger partial charge >= 0.3 is 0 Å². The summed E-state index contributed by atoms with van der Waals surface area (Å²) < 4.78 is 7.30. The highest BCUT2D eigenvalue weighted by molar-refractivity contribution is 6.00. The lowest BCUT2D eigenvalue weighted by atomic mass is 10.1. The third-order valence-corrected chi connectivity index (χ3v) is 4.87. The van der Waals surface area contributed by atoms with Crippen LogP contribution < -0.4 is 10.2 Å². The molecule has 0 unspecified atom stereocenters. The molecular weight excluding hydrogens is 344 g/mol. The zero-order valence-corrected chi connectivity index (χ0v) is 15.9. The van der Waals surface area contributed by atoms with E-state index >= 15 is 0 Å². The van der Waals surface area contributed by atoms with Crippen molar-refractivity contribution in [1.82, 2.24) is 15.1 Å². The van der Waals surface area contributed by atoms with E-state index in [0.29, 0.717) is 32.8 Å². The number of anilines is 1. The summed E-state index contributed by atoms with van der Waals surface area (Å²) in [5, 5.41) is 6.96. The van der Waals surface area contributed by atoms with E-state index in [1.54, 1.807) is 15.8 Å². The van der Waals surface area contributed by atoms with Gasteiger partial charge in [0.05, 0.1) is 25.7 Å². The van der Waals surface area contributed by atoms with Gasteiger partial charge in [-0.15, -0.1) is 0 Å². The van der Waals surface area contributed by atoms with E-state index in [1.807, 2.05) is 44.3 Å². The number of benzene rings is 1. The van der Waals surface area contributed by atoms with E-state index in [-0.39, 0.29) is 24.2 Å². The molecule has 1 saturated heterocycles. The Hall–Kier alpha value is -2.67. The van der Waals surface area contributed by atoms with Gasteiger partial charge in [0, 0.05) is 37.6 Å². The molecule has 0 bridgehead atoms. The molecule has 0 aliphatic carbocycles. The summed E-state index contributed by atoms with van der Waals surface area (Å²) >= 11 is 0. The highest BCUT2D eigenvalue weighted by Crippen LogP contribution is 2.26. The summed E-state index contributed by atoms with van der Waals surface area (Å²) in [6, 6.07) is 7.81. The van der Waals surface area contributed by atoms with E-state index < -0.39 is 0 Å². The van der Waals surface area contributed by atoms with Crippen LogP contribution in [0, 0.1) is 19.8 Å². The highest BCUT2D eigenvalue weighted by atomic mass is 16.5. The van der Waals surface area contributed by atoms with Crippen molar-refractivity contribution in [3.8, 4) is 0 Å². The molecule has 2 aromatic rings. The molecule has 7 heteroatoms. The van der Waals surface area contributed by atoms with E-state index in [0.717, 1.165) is 11.3 Å². The molecule has 1 aromatic carbocycles. The van der Waals surface area contributed by atoms with Crippen molar-refractivity contribution in [2.75, 3.05) is 31.2 Å². The number of carbonyl (C=O) groups is 2. The molecule has 1 aliphatic rings. The highest BCUT2D eigenvalue weighted by Gasteiger charge is 2.35. The molecule has 3 rings (SSSR count). The zero-order valence-electron chi connectivity index (χ0n) is 15.9. The van der Waals surface area contributed by atoms with Gasteiger partial charge in [0.15, 0.2) is 0 Å². The molecule has 1 aromatic heterocycles. The number of hydrogen-bond donors (Lipinski definition) is 1. The van der Waals surface area contributed by atoms with Crippen LogP contribution in [0.1, 0.15) is 17.5 Å². The smallest absolute Gasteiger partial charge is 0.227 e. The minimum atomic E-state index is -0.316. The number of nitrogens with one attached hydrogen (secondary N) is 1. The third kappa shape index (κ3) is 4.95. The fourth-order valence-corrected chi connectivity index (χ4v) is 3.11. The molecule has 0 spiro atoms. The number of carbonyl (C=O) groups excluding carboxylic acids is 2. The standard InChI is InChI=1S/C20H26N4O3/c1-15-4-5-18(12-16(15)2)24-14-17(13-19(24)25)20(26)21-7-10-27-11-9-23-8-3-6-22-23/h3-6,8,12,17H,7,9-11,13-14H2,1-2H3,(H,21,26)/t17-/m0/s1. The maximum absolute atomic E-state index is 12.3. The predicted molar refractivity (Wildman–Crippen MR) is 102 cm³/mol. The zero-order chi connectivity index (χ0) is 19.2. The molecule has 27 heavy (non-hydrogen) atoms. The van der Waals surface area contributed by atoms with Crippen molar-refractivity contribution < 1.29 is 14.3 Å². The van der Waals surface area contributed by atoms with Crippen LogP contribution in [0.25, 0.3) is 0 Å². The second kappa shape index (κ2) is 8.81. The summed E-state index contributed by atoms with van der Waals surface area (Å²) in [6.07, 6.45) is 3.85. The van der Waals surface area contributed by atoms with Crippen LogP contribution >= 0.6 is 0 Å². The topological polar surface area (TPSA) is 76.5 Å². The second-order valence-corrected chi connectivity index (χ2v) is 6.85. The Balaban J connectivity index is 1.40.